The Bertz CT molecular complexity index is 552. The van der Waals surface area contributed by atoms with E-state index >= 15 is 0 Å². The molecule has 0 aliphatic heterocycles. The van der Waals surface area contributed by atoms with Crippen LogP contribution in [0.2, 0.25) is 0 Å². The lowest BCUT2D eigenvalue weighted by atomic mass is 9.57. The van der Waals surface area contributed by atoms with Gasteiger partial charge in [-0.25, -0.2) is 0 Å². The zero-order chi connectivity index (χ0) is 15.7. The fraction of sp³-hybridized carbons (Fsp3) is 0.619. The highest BCUT2D eigenvalue weighted by Gasteiger charge is 2.42. The molecule has 0 amide bonds. The van der Waals surface area contributed by atoms with Crippen LogP contribution in [0.5, 0.6) is 0 Å². The maximum absolute atomic E-state index is 5.79. The Balaban J connectivity index is 2.42. The normalized spacial score (nSPS) is 18.9. The average Bonchev–Trinajstić information content (AvgIpc) is 2.43. The van der Waals surface area contributed by atoms with Crippen molar-refractivity contribution < 1.29 is 0 Å². The number of fused-ring (bicyclic) bond motifs is 1. The van der Waals surface area contributed by atoms with Gasteiger partial charge in [-0.3, -0.25) is 0 Å². The third-order valence-corrected chi connectivity index (χ3v) is 5.92. The molecular weight excluding hydrogens is 252 g/mol. The van der Waals surface area contributed by atoms with Crippen LogP contribution in [0.4, 0.5) is 0 Å². The molecule has 1 aromatic rings. The molecule has 0 spiro atoms. The van der Waals surface area contributed by atoms with Crippen molar-refractivity contribution >= 4 is 0 Å². The van der Waals surface area contributed by atoms with Crippen LogP contribution in [0.25, 0.3) is 0 Å². The van der Waals surface area contributed by atoms with Crippen molar-refractivity contribution in [2.45, 2.75) is 78.6 Å². The molecule has 0 N–H and O–H groups in total. The fourth-order valence-electron chi connectivity index (χ4n) is 3.52. The number of aryl methyl sites for hydroxylation is 2. The van der Waals surface area contributed by atoms with E-state index in [2.05, 4.69) is 52.7 Å². The number of hydrogen-bond donors (Lipinski definition) is 0. The Morgan fingerprint density at radius 3 is 2.48 bits per heavy atom. The standard InChI is InChI=1S/C21H30/c1-7-9-10-11-17-14-18-12-13-20(3,4)21(5,6)19(18)15-16(17)8-2/h2,14-15H,7,9-13H2,1,3-6H3. The molecule has 0 heterocycles. The number of rotatable bonds is 4. The summed E-state index contributed by atoms with van der Waals surface area (Å²) in [5, 5.41) is 0. The topological polar surface area (TPSA) is 0 Å². The molecule has 0 fully saturated rings. The molecule has 1 aliphatic rings. The van der Waals surface area contributed by atoms with Gasteiger partial charge in [0.2, 0.25) is 0 Å². The summed E-state index contributed by atoms with van der Waals surface area (Å²) < 4.78 is 0. The lowest BCUT2D eigenvalue weighted by Crippen LogP contribution is -2.41. The van der Waals surface area contributed by atoms with Gasteiger partial charge in [-0.1, -0.05) is 59.4 Å². The molecule has 0 unspecified atom stereocenters. The van der Waals surface area contributed by atoms with Crippen molar-refractivity contribution in [3.63, 3.8) is 0 Å². The van der Waals surface area contributed by atoms with Gasteiger partial charge < -0.3 is 0 Å². The van der Waals surface area contributed by atoms with Crippen LogP contribution in [-0.2, 0) is 18.3 Å². The highest BCUT2D eigenvalue weighted by molar-refractivity contribution is 5.50. The fourth-order valence-corrected chi connectivity index (χ4v) is 3.52. The minimum absolute atomic E-state index is 0.189. The molecule has 0 atom stereocenters. The average molecular weight is 282 g/mol. The van der Waals surface area contributed by atoms with Crippen molar-refractivity contribution in [1.29, 1.82) is 0 Å². The SMILES string of the molecule is C#Cc1cc2c(cc1CCCCC)CCC(C)(C)C2(C)C. The summed E-state index contributed by atoms with van der Waals surface area (Å²) in [7, 11) is 0. The maximum Gasteiger partial charge on any atom is 0.0277 e. The molecule has 1 aromatic carbocycles. The summed E-state index contributed by atoms with van der Waals surface area (Å²) >= 11 is 0. The van der Waals surface area contributed by atoms with Gasteiger partial charge in [0.25, 0.3) is 0 Å². The molecule has 0 bridgehead atoms. The summed E-state index contributed by atoms with van der Waals surface area (Å²) in [6.07, 6.45) is 13.2. The van der Waals surface area contributed by atoms with Crippen LogP contribution in [-0.4, -0.2) is 0 Å². The molecule has 1 aliphatic carbocycles. The predicted molar refractivity (Wildman–Crippen MR) is 92.7 cm³/mol. The van der Waals surface area contributed by atoms with Crippen LogP contribution in [0, 0.1) is 17.8 Å². The second-order valence-electron chi connectivity index (χ2n) is 7.78. The third kappa shape index (κ3) is 2.89. The van der Waals surface area contributed by atoms with E-state index in [0.29, 0.717) is 5.41 Å². The Hall–Kier alpha value is -1.22. The molecule has 21 heavy (non-hydrogen) atoms. The van der Waals surface area contributed by atoms with Gasteiger partial charge in [-0.2, -0.15) is 0 Å². The first-order valence-corrected chi connectivity index (χ1v) is 8.46. The minimum Gasteiger partial charge on any atom is -0.115 e. The monoisotopic (exact) mass is 282 g/mol. The van der Waals surface area contributed by atoms with E-state index in [9.17, 15) is 0 Å². The molecule has 0 aromatic heterocycles. The Morgan fingerprint density at radius 1 is 1.14 bits per heavy atom. The molecule has 0 heteroatoms. The third-order valence-electron chi connectivity index (χ3n) is 5.92. The highest BCUT2D eigenvalue weighted by atomic mass is 14.5. The van der Waals surface area contributed by atoms with E-state index in [1.807, 2.05) is 0 Å². The van der Waals surface area contributed by atoms with E-state index < -0.39 is 0 Å². The Labute approximate surface area is 131 Å². The minimum atomic E-state index is 0.189. The van der Waals surface area contributed by atoms with Crippen LogP contribution < -0.4 is 0 Å². The number of unbranched alkanes of at least 4 members (excludes halogenated alkanes) is 2. The number of benzene rings is 1. The van der Waals surface area contributed by atoms with E-state index in [1.165, 1.54) is 48.8 Å². The smallest absolute Gasteiger partial charge is 0.0277 e. The number of terminal acetylenes is 1. The van der Waals surface area contributed by atoms with Crippen molar-refractivity contribution in [2.75, 3.05) is 0 Å². The molecule has 0 saturated heterocycles. The van der Waals surface area contributed by atoms with Crippen LogP contribution >= 0.6 is 0 Å². The summed E-state index contributed by atoms with van der Waals surface area (Å²) in [6, 6.07) is 4.73. The van der Waals surface area contributed by atoms with Gasteiger partial charge in [0.15, 0.2) is 0 Å². The maximum atomic E-state index is 5.79. The molecule has 0 radical (unpaired) electrons. The first-order valence-electron chi connectivity index (χ1n) is 8.46. The first kappa shape index (κ1) is 16.2. The van der Waals surface area contributed by atoms with Crippen molar-refractivity contribution in [3.8, 4) is 12.3 Å². The summed E-state index contributed by atoms with van der Waals surface area (Å²) in [6.45, 7) is 11.8. The second-order valence-corrected chi connectivity index (χ2v) is 7.78. The van der Waals surface area contributed by atoms with Gasteiger partial charge >= 0.3 is 0 Å². The van der Waals surface area contributed by atoms with E-state index in [4.69, 9.17) is 6.42 Å². The van der Waals surface area contributed by atoms with Gasteiger partial charge in [-0.15, -0.1) is 6.42 Å². The first-order chi connectivity index (χ1) is 9.83. The van der Waals surface area contributed by atoms with Crippen LogP contribution in [0.15, 0.2) is 12.1 Å². The second kappa shape index (κ2) is 5.88. The zero-order valence-electron chi connectivity index (χ0n) is 14.5. The van der Waals surface area contributed by atoms with E-state index in [-0.39, 0.29) is 5.41 Å². The van der Waals surface area contributed by atoms with Crippen LogP contribution in [0.3, 0.4) is 0 Å². The molecule has 0 nitrogen and oxygen atoms in total. The summed E-state index contributed by atoms with van der Waals surface area (Å²) in [5.41, 5.74) is 6.04. The molecule has 0 saturated carbocycles. The van der Waals surface area contributed by atoms with E-state index in [0.717, 1.165) is 12.0 Å². The lowest BCUT2D eigenvalue weighted by molar-refractivity contribution is 0.165. The lowest BCUT2D eigenvalue weighted by Gasteiger charge is -2.47. The predicted octanol–water partition coefficient (Wildman–Crippen LogP) is 5.65. The van der Waals surface area contributed by atoms with Gasteiger partial charge in [0, 0.05) is 5.56 Å². The van der Waals surface area contributed by atoms with Gasteiger partial charge in [0.05, 0.1) is 0 Å². The Morgan fingerprint density at radius 2 is 1.86 bits per heavy atom. The van der Waals surface area contributed by atoms with Crippen molar-refractivity contribution in [3.05, 3.63) is 34.4 Å². The largest absolute Gasteiger partial charge is 0.115 e. The molecule has 114 valence electrons. The number of hydrogen-bond acceptors (Lipinski definition) is 0. The quantitative estimate of drug-likeness (QED) is 0.494. The zero-order valence-corrected chi connectivity index (χ0v) is 14.5. The summed E-state index contributed by atoms with van der Waals surface area (Å²) in [5.74, 6) is 2.94. The van der Waals surface area contributed by atoms with E-state index in [1.54, 1.807) is 0 Å². The van der Waals surface area contributed by atoms with Gasteiger partial charge in [0.1, 0.15) is 0 Å². The van der Waals surface area contributed by atoms with Crippen molar-refractivity contribution in [1.82, 2.24) is 0 Å². The van der Waals surface area contributed by atoms with Crippen LogP contribution in [0.1, 0.15) is 82.6 Å². The van der Waals surface area contributed by atoms with Gasteiger partial charge in [-0.05, 0) is 59.3 Å². The molecular formula is C21H30. The Kier molecular flexibility index (Phi) is 4.52. The molecule has 2 rings (SSSR count). The highest BCUT2D eigenvalue weighted by Crippen LogP contribution is 2.49. The summed E-state index contributed by atoms with van der Waals surface area (Å²) in [4.78, 5) is 0. The van der Waals surface area contributed by atoms with Crippen molar-refractivity contribution in [2.24, 2.45) is 5.41 Å².